The Hall–Kier alpha value is -1.90. The van der Waals surface area contributed by atoms with Gasteiger partial charge in [-0.1, -0.05) is 37.1 Å². The van der Waals surface area contributed by atoms with Gasteiger partial charge in [0.05, 0.1) is 12.7 Å². The average molecular weight is 326 g/mol. The summed E-state index contributed by atoms with van der Waals surface area (Å²) in [7, 11) is 1.36. The predicted molar refractivity (Wildman–Crippen MR) is 94.1 cm³/mol. The second-order valence-corrected chi connectivity index (χ2v) is 7.69. The van der Waals surface area contributed by atoms with Crippen LogP contribution in [-0.2, 0) is 4.74 Å². The maximum atomic E-state index is 12.9. The molecular formula is C21H26O3. The van der Waals surface area contributed by atoms with Crippen LogP contribution < -0.4 is 0 Å². The summed E-state index contributed by atoms with van der Waals surface area (Å²) in [6.45, 7) is 4.64. The number of methoxy groups -OCH3 is 1. The Morgan fingerprint density at radius 1 is 1.08 bits per heavy atom. The zero-order chi connectivity index (χ0) is 17.3. The SMILES string of the molecule is COC(=O)c1ccc(C(=O)C2CCC3=C(C2)C(C)(C)CCC3)cc1. The predicted octanol–water partition coefficient (Wildman–Crippen LogP) is 4.96. The first kappa shape index (κ1) is 16.9. The van der Waals surface area contributed by atoms with Gasteiger partial charge in [0.15, 0.2) is 5.78 Å². The molecule has 0 N–H and O–H groups in total. The summed E-state index contributed by atoms with van der Waals surface area (Å²) in [5.41, 5.74) is 4.56. The van der Waals surface area contributed by atoms with Crippen LogP contribution in [0.25, 0.3) is 0 Å². The molecule has 0 spiro atoms. The number of Topliss-reactive ketones (excluding diaryl/α,β-unsaturated/α-hetero) is 1. The van der Waals surface area contributed by atoms with Gasteiger partial charge in [-0.05, 0) is 56.1 Å². The van der Waals surface area contributed by atoms with E-state index in [-0.39, 0.29) is 23.1 Å². The summed E-state index contributed by atoms with van der Waals surface area (Å²) in [4.78, 5) is 24.4. The average Bonchev–Trinajstić information content (AvgIpc) is 2.60. The highest BCUT2D eigenvalue weighted by molar-refractivity contribution is 5.99. The largest absolute Gasteiger partial charge is 0.465 e. The molecule has 2 aliphatic rings. The molecule has 128 valence electrons. The van der Waals surface area contributed by atoms with Gasteiger partial charge in [-0.2, -0.15) is 0 Å². The van der Waals surface area contributed by atoms with Crippen molar-refractivity contribution in [2.45, 2.75) is 52.4 Å². The van der Waals surface area contributed by atoms with Crippen molar-refractivity contribution in [1.29, 1.82) is 0 Å². The van der Waals surface area contributed by atoms with E-state index in [0.29, 0.717) is 11.1 Å². The molecule has 1 aromatic carbocycles. The molecule has 0 bridgehead atoms. The third-order valence-electron chi connectivity index (χ3n) is 5.73. The van der Waals surface area contributed by atoms with Crippen LogP contribution in [0, 0.1) is 11.3 Å². The second-order valence-electron chi connectivity index (χ2n) is 7.69. The van der Waals surface area contributed by atoms with Crippen LogP contribution in [0.5, 0.6) is 0 Å². The minimum Gasteiger partial charge on any atom is -0.465 e. The normalized spacial score (nSPS) is 22.7. The molecule has 0 heterocycles. The summed E-state index contributed by atoms with van der Waals surface area (Å²) in [6.07, 6.45) is 6.63. The number of carbonyl (C=O) groups excluding carboxylic acids is 2. The molecule has 0 fully saturated rings. The molecule has 0 radical (unpaired) electrons. The quantitative estimate of drug-likeness (QED) is 0.448. The Morgan fingerprint density at radius 2 is 1.75 bits per heavy atom. The number of ketones is 1. The van der Waals surface area contributed by atoms with Gasteiger partial charge in [-0.25, -0.2) is 4.79 Å². The van der Waals surface area contributed by atoms with Crippen LogP contribution in [0.4, 0.5) is 0 Å². The van der Waals surface area contributed by atoms with Crippen LogP contribution in [0.15, 0.2) is 35.4 Å². The summed E-state index contributed by atoms with van der Waals surface area (Å²) in [6, 6.07) is 6.86. The van der Waals surface area contributed by atoms with Crippen LogP contribution in [0.1, 0.15) is 73.1 Å². The number of carbonyl (C=O) groups is 2. The van der Waals surface area contributed by atoms with Gasteiger partial charge in [-0.15, -0.1) is 0 Å². The lowest BCUT2D eigenvalue weighted by Gasteiger charge is -2.40. The zero-order valence-corrected chi connectivity index (χ0v) is 14.9. The highest BCUT2D eigenvalue weighted by atomic mass is 16.5. The molecule has 0 saturated carbocycles. The van der Waals surface area contributed by atoms with Crippen LogP contribution in [-0.4, -0.2) is 18.9 Å². The molecule has 0 aromatic heterocycles. The van der Waals surface area contributed by atoms with E-state index in [1.807, 2.05) is 0 Å². The van der Waals surface area contributed by atoms with Gasteiger partial charge < -0.3 is 4.74 Å². The highest BCUT2D eigenvalue weighted by Crippen LogP contribution is 2.48. The summed E-state index contributed by atoms with van der Waals surface area (Å²) < 4.78 is 4.71. The zero-order valence-electron chi connectivity index (χ0n) is 14.9. The van der Waals surface area contributed by atoms with E-state index < -0.39 is 0 Å². The molecule has 0 saturated heterocycles. The summed E-state index contributed by atoms with van der Waals surface area (Å²) in [5, 5.41) is 0. The van der Waals surface area contributed by atoms with Gasteiger partial charge in [0.2, 0.25) is 0 Å². The Bertz CT molecular complexity index is 680. The Morgan fingerprint density at radius 3 is 2.42 bits per heavy atom. The molecule has 3 nitrogen and oxygen atoms in total. The van der Waals surface area contributed by atoms with Crippen LogP contribution in [0.3, 0.4) is 0 Å². The van der Waals surface area contributed by atoms with Crippen molar-refractivity contribution in [3.63, 3.8) is 0 Å². The third-order valence-corrected chi connectivity index (χ3v) is 5.73. The van der Waals surface area contributed by atoms with Crippen molar-refractivity contribution in [2.75, 3.05) is 7.11 Å². The standard InChI is InChI=1S/C21H26O3/c1-21(2)12-4-5-14-6-11-17(13-18(14)21)19(22)15-7-9-16(10-8-15)20(23)24-3/h7-10,17H,4-6,11-13H2,1-3H3. The van der Waals surface area contributed by atoms with Crippen molar-refractivity contribution >= 4 is 11.8 Å². The molecule has 1 unspecified atom stereocenters. The number of allylic oxidation sites excluding steroid dienone is 2. The highest BCUT2D eigenvalue weighted by Gasteiger charge is 2.36. The van der Waals surface area contributed by atoms with Gasteiger partial charge in [-0.3, -0.25) is 4.79 Å². The lowest BCUT2D eigenvalue weighted by molar-refractivity contribution is 0.0600. The fourth-order valence-electron chi connectivity index (χ4n) is 4.27. The lowest BCUT2D eigenvalue weighted by Crippen LogP contribution is -2.29. The van der Waals surface area contributed by atoms with Gasteiger partial charge in [0.25, 0.3) is 0 Å². The number of rotatable bonds is 3. The number of hydrogen-bond donors (Lipinski definition) is 0. The number of ether oxygens (including phenoxy) is 1. The Kier molecular flexibility index (Phi) is 4.62. The van der Waals surface area contributed by atoms with Gasteiger partial charge >= 0.3 is 5.97 Å². The first-order chi connectivity index (χ1) is 11.4. The van der Waals surface area contributed by atoms with Crippen LogP contribution >= 0.6 is 0 Å². The topological polar surface area (TPSA) is 43.4 Å². The maximum Gasteiger partial charge on any atom is 0.337 e. The first-order valence-corrected chi connectivity index (χ1v) is 8.86. The van der Waals surface area contributed by atoms with Gasteiger partial charge in [0.1, 0.15) is 0 Å². The van der Waals surface area contributed by atoms with E-state index in [1.54, 1.807) is 29.8 Å². The van der Waals surface area contributed by atoms with Crippen molar-refractivity contribution in [2.24, 2.45) is 11.3 Å². The molecule has 1 aromatic rings. The molecular weight excluding hydrogens is 300 g/mol. The van der Waals surface area contributed by atoms with Gasteiger partial charge in [0, 0.05) is 11.5 Å². The minimum absolute atomic E-state index is 0.0742. The van der Waals surface area contributed by atoms with E-state index in [0.717, 1.165) is 19.3 Å². The lowest BCUT2D eigenvalue weighted by atomic mass is 9.65. The van der Waals surface area contributed by atoms with Crippen LogP contribution in [0.2, 0.25) is 0 Å². The van der Waals surface area contributed by atoms with E-state index in [4.69, 9.17) is 4.74 Å². The van der Waals surface area contributed by atoms with E-state index in [9.17, 15) is 9.59 Å². The van der Waals surface area contributed by atoms with Crippen molar-refractivity contribution in [3.8, 4) is 0 Å². The molecule has 3 heteroatoms. The molecule has 0 aliphatic heterocycles. The Labute approximate surface area is 144 Å². The van der Waals surface area contributed by atoms with Crippen molar-refractivity contribution in [1.82, 2.24) is 0 Å². The maximum absolute atomic E-state index is 12.9. The first-order valence-electron chi connectivity index (χ1n) is 8.86. The van der Waals surface area contributed by atoms with E-state index in [2.05, 4.69) is 13.8 Å². The third kappa shape index (κ3) is 3.17. The monoisotopic (exact) mass is 326 g/mol. The fraction of sp³-hybridized carbons (Fsp3) is 0.524. The van der Waals surface area contributed by atoms with E-state index >= 15 is 0 Å². The Balaban J connectivity index is 1.77. The minimum atomic E-state index is -0.370. The summed E-state index contributed by atoms with van der Waals surface area (Å²) in [5.74, 6) is -0.0881. The molecule has 24 heavy (non-hydrogen) atoms. The second kappa shape index (κ2) is 6.54. The van der Waals surface area contributed by atoms with Crippen molar-refractivity contribution in [3.05, 3.63) is 46.5 Å². The fourth-order valence-corrected chi connectivity index (χ4v) is 4.27. The molecule has 1 atom stereocenters. The number of benzene rings is 1. The van der Waals surface area contributed by atoms with Crippen molar-refractivity contribution < 1.29 is 14.3 Å². The van der Waals surface area contributed by atoms with E-state index in [1.165, 1.54) is 31.9 Å². The number of hydrogen-bond acceptors (Lipinski definition) is 3. The molecule has 2 aliphatic carbocycles. The summed E-state index contributed by atoms with van der Waals surface area (Å²) >= 11 is 0. The molecule has 3 rings (SSSR count). The number of esters is 1. The smallest absolute Gasteiger partial charge is 0.337 e. The molecule has 0 amide bonds.